The molecule has 2 heterocycles. The van der Waals surface area contributed by atoms with E-state index in [9.17, 15) is 24.5 Å². The highest BCUT2D eigenvalue weighted by atomic mass is 32.1. The summed E-state index contributed by atoms with van der Waals surface area (Å²) in [5, 5.41) is 15.5. The van der Waals surface area contributed by atoms with Crippen LogP contribution in [0.25, 0.3) is 10.2 Å². The molecule has 2 aromatic carbocycles. The SMILES string of the molecule is CCc1nc(C)sc1C(=O)N=c1sc2cc(C(N)=O)cc(OCCC(OC)OC)c2n1C/C=C/CNc1c(OC)cc(C(N)=O)cc1[N+](=O)[O-]. The predicted octanol–water partition coefficient (Wildman–Crippen LogP) is 3.94. The summed E-state index contributed by atoms with van der Waals surface area (Å²) in [6.07, 6.45) is 3.90. The van der Waals surface area contributed by atoms with Gasteiger partial charge in [0, 0.05) is 50.9 Å². The number of primary amides is 2. The molecule has 0 radical (unpaired) electrons. The Bertz CT molecular complexity index is 2010. The third-order valence-corrected chi connectivity index (χ3v) is 9.35. The number of nitrogens with two attached hydrogens (primary N) is 2. The first-order valence-corrected chi connectivity index (χ1v) is 16.8. The summed E-state index contributed by atoms with van der Waals surface area (Å²) in [6.45, 7) is 4.20. The number of rotatable bonds is 17. The van der Waals surface area contributed by atoms with Crippen molar-refractivity contribution in [3.05, 3.63) is 78.0 Å². The fourth-order valence-electron chi connectivity index (χ4n) is 4.94. The number of carbonyl (C=O) groups excluding carboxylic acids is 3. The summed E-state index contributed by atoms with van der Waals surface area (Å²) in [6, 6.07) is 5.54. The van der Waals surface area contributed by atoms with E-state index >= 15 is 0 Å². The molecule has 0 aliphatic heterocycles. The molecule has 4 rings (SSSR count). The van der Waals surface area contributed by atoms with Crippen LogP contribution in [0.1, 0.15) is 54.4 Å². The lowest BCUT2D eigenvalue weighted by Gasteiger charge is -2.15. The highest BCUT2D eigenvalue weighted by molar-refractivity contribution is 7.16. The van der Waals surface area contributed by atoms with Crippen LogP contribution in [0.2, 0.25) is 0 Å². The fourth-order valence-corrected chi connectivity index (χ4v) is 6.93. The third kappa shape index (κ3) is 8.70. The van der Waals surface area contributed by atoms with Crippen molar-refractivity contribution in [3.63, 3.8) is 0 Å². The molecule has 2 aromatic heterocycles. The number of aryl methyl sites for hydroxylation is 2. The average Bonchev–Trinajstić information content (AvgIpc) is 3.65. The van der Waals surface area contributed by atoms with Gasteiger partial charge in [0.05, 0.1) is 34.0 Å². The number of anilines is 1. The minimum Gasteiger partial charge on any atom is -0.494 e. The zero-order valence-corrected chi connectivity index (χ0v) is 29.6. The largest absolute Gasteiger partial charge is 0.494 e. The van der Waals surface area contributed by atoms with Crippen molar-refractivity contribution < 1.29 is 38.3 Å². The van der Waals surface area contributed by atoms with Gasteiger partial charge in [-0.15, -0.1) is 11.3 Å². The molecule has 50 heavy (non-hydrogen) atoms. The number of nitrogens with one attached hydrogen (secondary N) is 1. The van der Waals surface area contributed by atoms with Crippen molar-refractivity contribution in [1.29, 1.82) is 0 Å². The molecule has 5 N–H and O–H groups in total. The van der Waals surface area contributed by atoms with Gasteiger partial charge >= 0.3 is 0 Å². The minimum atomic E-state index is -0.836. The van der Waals surface area contributed by atoms with Crippen LogP contribution in [0.4, 0.5) is 11.4 Å². The molecule has 16 nitrogen and oxygen atoms in total. The van der Waals surface area contributed by atoms with Crippen LogP contribution in [0, 0.1) is 17.0 Å². The Hall–Kier alpha value is -5.17. The van der Waals surface area contributed by atoms with Gasteiger partial charge in [0.15, 0.2) is 16.8 Å². The number of thiazole rings is 2. The Morgan fingerprint density at radius 3 is 2.36 bits per heavy atom. The fraction of sp³-hybridized carbons (Fsp3) is 0.344. The highest BCUT2D eigenvalue weighted by Crippen LogP contribution is 2.36. The maximum atomic E-state index is 13.5. The van der Waals surface area contributed by atoms with Gasteiger partial charge in [-0.2, -0.15) is 4.99 Å². The number of allylic oxidation sites excluding steroid dienone is 1. The lowest BCUT2D eigenvalue weighted by atomic mass is 10.1. The Morgan fingerprint density at radius 2 is 1.74 bits per heavy atom. The maximum Gasteiger partial charge on any atom is 0.296 e. The van der Waals surface area contributed by atoms with E-state index in [0.29, 0.717) is 44.2 Å². The Labute approximate surface area is 294 Å². The number of aromatic nitrogens is 2. The first kappa shape index (κ1) is 37.6. The number of ether oxygens (including phenoxy) is 4. The lowest BCUT2D eigenvalue weighted by Crippen LogP contribution is -2.19. The summed E-state index contributed by atoms with van der Waals surface area (Å²) >= 11 is 2.44. The number of carbonyl (C=O) groups is 3. The van der Waals surface area contributed by atoms with Crippen LogP contribution >= 0.6 is 22.7 Å². The van der Waals surface area contributed by atoms with Crippen molar-refractivity contribution >= 4 is 62.0 Å². The smallest absolute Gasteiger partial charge is 0.296 e. The van der Waals surface area contributed by atoms with Crippen molar-refractivity contribution in [2.24, 2.45) is 16.5 Å². The molecular formula is C32H37N7O9S2. The van der Waals surface area contributed by atoms with Crippen LogP contribution in [0.3, 0.4) is 0 Å². The summed E-state index contributed by atoms with van der Waals surface area (Å²) in [5.74, 6) is -1.56. The van der Waals surface area contributed by atoms with Gasteiger partial charge in [-0.05, 0) is 31.5 Å². The quantitative estimate of drug-likeness (QED) is 0.0611. The second-order valence-corrected chi connectivity index (χ2v) is 12.8. The summed E-state index contributed by atoms with van der Waals surface area (Å²) in [5.41, 5.74) is 12.0. The van der Waals surface area contributed by atoms with E-state index in [1.165, 1.54) is 56.1 Å². The molecule has 0 atom stereocenters. The van der Waals surface area contributed by atoms with E-state index in [-0.39, 0.29) is 47.9 Å². The Morgan fingerprint density at radius 1 is 1.06 bits per heavy atom. The molecule has 0 saturated carbocycles. The van der Waals surface area contributed by atoms with E-state index < -0.39 is 28.9 Å². The van der Waals surface area contributed by atoms with E-state index in [1.54, 1.807) is 22.8 Å². The molecule has 0 saturated heterocycles. The summed E-state index contributed by atoms with van der Waals surface area (Å²) in [7, 11) is 4.34. The van der Waals surface area contributed by atoms with Gasteiger partial charge in [0.2, 0.25) is 11.8 Å². The first-order chi connectivity index (χ1) is 23.9. The topological polar surface area (TPSA) is 226 Å². The second kappa shape index (κ2) is 17.0. The van der Waals surface area contributed by atoms with Crippen LogP contribution in [0.5, 0.6) is 11.5 Å². The number of benzene rings is 2. The minimum absolute atomic E-state index is 0.0636. The summed E-state index contributed by atoms with van der Waals surface area (Å²) in [4.78, 5) is 58.3. The number of amides is 3. The summed E-state index contributed by atoms with van der Waals surface area (Å²) < 4.78 is 24.3. The third-order valence-electron chi connectivity index (χ3n) is 7.33. The first-order valence-electron chi connectivity index (χ1n) is 15.2. The molecule has 4 aromatic rings. The Kier molecular flexibility index (Phi) is 12.8. The van der Waals surface area contributed by atoms with Crippen molar-refractivity contribution in [2.45, 2.75) is 39.5 Å². The van der Waals surface area contributed by atoms with Gasteiger partial charge in [-0.1, -0.05) is 30.4 Å². The molecular weight excluding hydrogens is 691 g/mol. The predicted molar refractivity (Wildman–Crippen MR) is 188 cm³/mol. The van der Waals surface area contributed by atoms with Crippen molar-refractivity contribution in [3.8, 4) is 11.5 Å². The van der Waals surface area contributed by atoms with Crippen molar-refractivity contribution in [1.82, 2.24) is 9.55 Å². The van der Waals surface area contributed by atoms with Crippen molar-refractivity contribution in [2.75, 3.05) is 39.8 Å². The van der Waals surface area contributed by atoms with Gasteiger partial charge in [-0.25, -0.2) is 4.98 Å². The average molecular weight is 728 g/mol. The number of hydrogen-bond acceptors (Lipinski definition) is 13. The highest BCUT2D eigenvalue weighted by Gasteiger charge is 2.23. The normalized spacial score (nSPS) is 11.8. The monoisotopic (exact) mass is 727 g/mol. The maximum absolute atomic E-state index is 13.5. The molecule has 0 aliphatic rings. The van der Waals surface area contributed by atoms with Gasteiger partial charge in [0.25, 0.3) is 11.6 Å². The van der Waals surface area contributed by atoms with Gasteiger partial charge in [0.1, 0.15) is 21.9 Å². The number of nitro benzene ring substituents is 1. The molecule has 266 valence electrons. The lowest BCUT2D eigenvalue weighted by molar-refractivity contribution is -0.384. The molecule has 0 spiro atoms. The second-order valence-electron chi connectivity index (χ2n) is 10.5. The van der Waals surface area contributed by atoms with E-state index in [2.05, 4.69) is 15.3 Å². The number of nitrogens with zero attached hydrogens (tertiary/aromatic N) is 4. The zero-order chi connectivity index (χ0) is 36.5. The Balaban J connectivity index is 1.76. The van der Waals surface area contributed by atoms with Gasteiger partial charge in [-0.3, -0.25) is 24.5 Å². The van der Waals surface area contributed by atoms with E-state index in [0.717, 1.165) is 11.1 Å². The number of fused-ring (bicyclic) bond motifs is 1. The molecule has 0 bridgehead atoms. The zero-order valence-electron chi connectivity index (χ0n) is 28.0. The molecule has 0 fully saturated rings. The molecule has 3 amide bonds. The molecule has 18 heteroatoms. The van der Waals surface area contributed by atoms with Crippen LogP contribution in [-0.4, -0.2) is 73.0 Å². The van der Waals surface area contributed by atoms with Crippen LogP contribution in [0.15, 0.2) is 41.4 Å². The van der Waals surface area contributed by atoms with Gasteiger partial charge < -0.3 is 40.3 Å². The van der Waals surface area contributed by atoms with Crippen LogP contribution < -0.4 is 31.1 Å². The van der Waals surface area contributed by atoms with E-state index in [4.69, 9.17) is 30.4 Å². The van der Waals surface area contributed by atoms with E-state index in [1.807, 2.05) is 13.8 Å². The molecule has 0 unspecified atom stereocenters. The standard InChI is InChI=1S/C32H37N7O9S2/c1-6-20-28(49-17(2)36-20)31(42)37-32-38(11-8-7-10-35-26-21(39(43)44)13-18(29(33)40)14-22(26)45-3)27-23(48-12-9-25(46-4)47-5)15-19(30(34)41)16-24(27)50-32/h7-8,13-16,25,35H,6,9-12H2,1-5H3,(H2,33,40)(H2,34,41)/b8-7+,37-32?. The molecule has 0 aliphatic carbocycles. The number of nitro groups is 1. The van der Waals surface area contributed by atoms with Crippen LogP contribution in [-0.2, 0) is 22.4 Å². The number of methoxy groups -OCH3 is 3. The number of hydrogen-bond donors (Lipinski definition) is 3.